The van der Waals surface area contributed by atoms with Crippen molar-refractivity contribution in [1.82, 2.24) is 0 Å². The molecule has 2 heteroatoms. The summed E-state index contributed by atoms with van der Waals surface area (Å²) in [6.07, 6.45) is 2.14. The van der Waals surface area contributed by atoms with Crippen molar-refractivity contribution in [2.75, 3.05) is 6.61 Å². The van der Waals surface area contributed by atoms with Gasteiger partial charge in [-0.15, -0.1) is 0 Å². The number of carbonyl (C=O) groups is 1. The smallest absolute Gasteiger partial charge is 0.302 e. The minimum absolute atomic E-state index is 0.177. The van der Waals surface area contributed by atoms with Crippen LogP contribution in [0.4, 0.5) is 0 Å². The van der Waals surface area contributed by atoms with Crippen LogP contribution < -0.4 is 0 Å². The Morgan fingerprint density at radius 3 is 2.60 bits per heavy atom. The molecule has 0 aliphatic carbocycles. The molecular formula is C8H16O2. The molecule has 10 heavy (non-hydrogen) atoms. The second-order valence-electron chi connectivity index (χ2n) is 2.64. The quantitative estimate of drug-likeness (QED) is 0.564. The molecule has 0 N–H and O–H groups in total. The predicted molar refractivity (Wildman–Crippen MR) is 40.7 cm³/mol. The third-order valence-corrected chi connectivity index (χ3v) is 1.61. The van der Waals surface area contributed by atoms with Crippen LogP contribution in [0.1, 0.15) is 33.6 Å². The first-order chi connectivity index (χ1) is 4.66. The van der Waals surface area contributed by atoms with E-state index >= 15 is 0 Å². The first-order valence-corrected chi connectivity index (χ1v) is 3.80. The van der Waals surface area contributed by atoms with Crippen LogP contribution in [0.15, 0.2) is 0 Å². The van der Waals surface area contributed by atoms with Crippen molar-refractivity contribution >= 4 is 5.97 Å². The summed E-state index contributed by atoms with van der Waals surface area (Å²) in [5, 5.41) is 0. The molecule has 0 unspecified atom stereocenters. The van der Waals surface area contributed by atoms with Gasteiger partial charge in [0.25, 0.3) is 0 Å². The van der Waals surface area contributed by atoms with Gasteiger partial charge in [-0.2, -0.15) is 0 Å². The number of carbonyl (C=O) groups excluding carboxylic acids is 1. The SMILES string of the molecule is CC[C@H](C)CCOC(C)=O. The molecule has 0 saturated heterocycles. The van der Waals surface area contributed by atoms with E-state index in [0.29, 0.717) is 12.5 Å². The highest BCUT2D eigenvalue weighted by Crippen LogP contribution is 2.05. The van der Waals surface area contributed by atoms with E-state index in [0.717, 1.165) is 12.8 Å². The van der Waals surface area contributed by atoms with E-state index in [4.69, 9.17) is 4.74 Å². The molecule has 0 aliphatic rings. The molecule has 2 nitrogen and oxygen atoms in total. The van der Waals surface area contributed by atoms with Gasteiger partial charge in [0.05, 0.1) is 6.61 Å². The van der Waals surface area contributed by atoms with Crippen molar-refractivity contribution < 1.29 is 9.53 Å². The number of hydrogen-bond acceptors (Lipinski definition) is 2. The summed E-state index contributed by atoms with van der Waals surface area (Å²) < 4.78 is 4.78. The molecule has 60 valence electrons. The zero-order valence-electron chi connectivity index (χ0n) is 7.02. The van der Waals surface area contributed by atoms with E-state index in [-0.39, 0.29) is 5.97 Å². The van der Waals surface area contributed by atoms with Gasteiger partial charge < -0.3 is 4.74 Å². The molecule has 0 rings (SSSR count). The summed E-state index contributed by atoms with van der Waals surface area (Å²) in [7, 11) is 0. The number of rotatable bonds is 4. The Labute approximate surface area is 62.6 Å². The monoisotopic (exact) mass is 144 g/mol. The lowest BCUT2D eigenvalue weighted by atomic mass is 10.1. The number of ether oxygens (including phenoxy) is 1. The van der Waals surface area contributed by atoms with E-state index in [1.54, 1.807) is 0 Å². The molecule has 0 bridgehead atoms. The van der Waals surface area contributed by atoms with Crippen LogP contribution in [-0.4, -0.2) is 12.6 Å². The van der Waals surface area contributed by atoms with Crippen molar-refractivity contribution in [3.05, 3.63) is 0 Å². The molecule has 0 aromatic carbocycles. The van der Waals surface area contributed by atoms with Gasteiger partial charge >= 0.3 is 5.97 Å². The first kappa shape index (κ1) is 9.47. The first-order valence-electron chi connectivity index (χ1n) is 3.80. The molecule has 0 aromatic heterocycles. The van der Waals surface area contributed by atoms with Crippen molar-refractivity contribution in [3.63, 3.8) is 0 Å². The van der Waals surface area contributed by atoms with Crippen LogP contribution in [-0.2, 0) is 9.53 Å². The largest absolute Gasteiger partial charge is 0.466 e. The van der Waals surface area contributed by atoms with E-state index in [2.05, 4.69) is 13.8 Å². The van der Waals surface area contributed by atoms with Crippen LogP contribution in [0.3, 0.4) is 0 Å². The molecule has 0 saturated carbocycles. The third-order valence-electron chi connectivity index (χ3n) is 1.61. The molecule has 0 radical (unpaired) electrons. The Morgan fingerprint density at radius 1 is 1.60 bits per heavy atom. The highest BCUT2D eigenvalue weighted by molar-refractivity contribution is 5.65. The Balaban J connectivity index is 3.11. The topological polar surface area (TPSA) is 26.3 Å². The molecule has 0 aliphatic heterocycles. The average molecular weight is 144 g/mol. The van der Waals surface area contributed by atoms with Gasteiger partial charge in [-0.05, 0) is 12.3 Å². The minimum atomic E-state index is -0.177. The van der Waals surface area contributed by atoms with Gasteiger partial charge in [0.15, 0.2) is 0 Å². The standard InChI is InChI=1S/C8H16O2/c1-4-7(2)5-6-10-8(3)9/h7H,4-6H2,1-3H3/t7-/m0/s1. The lowest BCUT2D eigenvalue weighted by Crippen LogP contribution is -2.04. The van der Waals surface area contributed by atoms with Crippen LogP contribution in [0.5, 0.6) is 0 Å². The fraction of sp³-hybridized carbons (Fsp3) is 0.875. The minimum Gasteiger partial charge on any atom is -0.466 e. The summed E-state index contributed by atoms with van der Waals surface area (Å²) in [5.41, 5.74) is 0. The Hall–Kier alpha value is -0.530. The van der Waals surface area contributed by atoms with E-state index < -0.39 is 0 Å². The van der Waals surface area contributed by atoms with Crippen LogP contribution in [0, 0.1) is 5.92 Å². The summed E-state index contributed by atoms with van der Waals surface area (Å²) in [6, 6.07) is 0. The summed E-state index contributed by atoms with van der Waals surface area (Å²) in [5.74, 6) is 0.489. The van der Waals surface area contributed by atoms with Crippen molar-refractivity contribution in [1.29, 1.82) is 0 Å². The molecule has 1 atom stereocenters. The Morgan fingerprint density at radius 2 is 2.20 bits per heavy atom. The molecule has 0 fully saturated rings. The van der Waals surface area contributed by atoms with Gasteiger partial charge in [0.1, 0.15) is 0 Å². The molecule has 0 spiro atoms. The van der Waals surface area contributed by atoms with Crippen LogP contribution in [0.25, 0.3) is 0 Å². The van der Waals surface area contributed by atoms with Gasteiger partial charge in [0.2, 0.25) is 0 Å². The number of hydrogen-bond donors (Lipinski definition) is 0. The second-order valence-corrected chi connectivity index (χ2v) is 2.64. The fourth-order valence-corrected chi connectivity index (χ4v) is 0.608. The molecular weight excluding hydrogens is 128 g/mol. The summed E-state index contributed by atoms with van der Waals surface area (Å²) >= 11 is 0. The Bertz CT molecular complexity index is 99.4. The maximum Gasteiger partial charge on any atom is 0.302 e. The van der Waals surface area contributed by atoms with E-state index in [9.17, 15) is 4.79 Å². The zero-order chi connectivity index (χ0) is 7.98. The van der Waals surface area contributed by atoms with Crippen molar-refractivity contribution in [3.8, 4) is 0 Å². The van der Waals surface area contributed by atoms with Crippen molar-refractivity contribution in [2.24, 2.45) is 5.92 Å². The summed E-state index contributed by atoms with van der Waals surface area (Å²) in [6.45, 7) is 6.31. The van der Waals surface area contributed by atoms with Gasteiger partial charge in [0, 0.05) is 6.92 Å². The molecule has 0 heterocycles. The molecule has 0 aromatic rings. The Kier molecular flexibility index (Phi) is 4.99. The highest BCUT2D eigenvalue weighted by Gasteiger charge is 1.98. The highest BCUT2D eigenvalue weighted by atomic mass is 16.5. The lowest BCUT2D eigenvalue weighted by molar-refractivity contribution is -0.141. The maximum atomic E-state index is 10.3. The van der Waals surface area contributed by atoms with Gasteiger partial charge in [-0.1, -0.05) is 20.3 Å². The lowest BCUT2D eigenvalue weighted by Gasteiger charge is -2.06. The number of esters is 1. The van der Waals surface area contributed by atoms with Crippen LogP contribution >= 0.6 is 0 Å². The maximum absolute atomic E-state index is 10.3. The van der Waals surface area contributed by atoms with Gasteiger partial charge in [-0.3, -0.25) is 4.79 Å². The van der Waals surface area contributed by atoms with Crippen LogP contribution in [0.2, 0.25) is 0 Å². The van der Waals surface area contributed by atoms with E-state index in [1.165, 1.54) is 6.92 Å². The molecule has 0 amide bonds. The normalized spacial score (nSPS) is 12.7. The van der Waals surface area contributed by atoms with Crippen molar-refractivity contribution in [2.45, 2.75) is 33.6 Å². The summed E-state index contributed by atoms with van der Waals surface area (Å²) in [4.78, 5) is 10.3. The third kappa shape index (κ3) is 5.60. The average Bonchev–Trinajstić information content (AvgIpc) is 1.87. The predicted octanol–water partition coefficient (Wildman–Crippen LogP) is 1.99. The fourth-order valence-electron chi connectivity index (χ4n) is 0.608. The second kappa shape index (κ2) is 5.27. The zero-order valence-corrected chi connectivity index (χ0v) is 7.02. The van der Waals surface area contributed by atoms with E-state index in [1.807, 2.05) is 0 Å². The van der Waals surface area contributed by atoms with Gasteiger partial charge in [-0.25, -0.2) is 0 Å².